The highest BCUT2D eigenvalue weighted by molar-refractivity contribution is 5.42. The zero-order chi connectivity index (χ0) is 12.5. The van der Waals surface area contributed by atoms with E-state index < -0.39 is 5.60 Å². The molecule has 1 aromatic rings. The Balaban J connectivity index is 2.19. The second kappa shape index (κ2) is 4.63. The molecule has 0 saturated carbocycles. The van der Waals surface area contributed by atoms with E-state index in [1.807, 2.05) is 26.0 Å². The summed E-state index contributed by atoms with van der Waals surface area (Å²) < 4.78 is 0. The molecular weight excluding hydrogens is 216 g/mol. The predicted molar refractivity (Wildman–Crippen MR) is 67.0 cm³/mol. The lowest BCUT2D eigenvalue weighted by Crippen LogP contribution is -2.46. The van der Waals surface area contributed by atoms with E-state index in [1.54, 1.807) is 0 Å². The van der Waals surface area contributed by atoms with Crippen LogP contribution in [0.15, 0.2) is 12.1 Å². The molecule has 0 aromatic carbocycles. The number of aromatic nitrogens is 1. The summed E-state index contributed by atoms with van der Waals surface area (Å²) in [5.41, 5.74) is 1.09. The molecule has 1 unspecified atom stereocenters. The Kier molecular flexibility index (Phi) is 3.35. The van der Waals surface area contributed by atoms with Gasteiger partial charge in [0.2, 0.25) is 0 Å². The summed E-state index contributed by atoms with van der Waals surface area (Å²) in [4.78, 5) is 6.60. The minimum Gasteiger partial charge on any atom is -0.392 e. The van der Waals surface area contributed by atoms with Crippen molar-refractivity contribution in [2.75, 3.05) is 18.0 Å². The van der Waals surface area contributed by atoms with Gasteiger partial charge in [0, 0.05) is 18.8 Å². The van der Waals surface area contributed by atoms with Crippen molar-refractivity contribution < 1.29 is 10.2 Å². The van der Waals surface area contributed by atoms with Crippen molar-refractivity contribution >= 4 is 5.82 Å². The number of aliphatic hydroxyl groups is 2. The van der Waals surface area contributed by atoms with Crippen LogP contribution in [-0.2, 0) is 6.61 Å². The standard InChI is InChI=1S/C13H20N2O2/c1-10-11(8-16)4-5-12(14-10)15-7-3-6-13(2,17)9-15/h4-5,16-17H,3,6-9H2,1-2H3. The van der Waals surface area contributed by atoms with Crippen LogP contribution < -0.4 is 4.90 Å². The molecule has 1 aliphatic rings. The molecule has 0 radical (unpaired) electrons. The third-order valence-electron chi connectivity index (χ3n) is 3.35. The maximum absolute atomic E-state index is 10.1. The minimum atomic E-state index is -0.622. The highest BCUT2D eigenvalue weighted by Crippen LogP contribution is 2.25. The normalized spacial score (nSPS) is 25.1. The average Bonchev–Trinajstić information content (AvgIpc) is 2.27. The highest BCUT2D eigenvalue weighted by atomic mass is 16.3. The van der Waals surface area contributed by atoms with Gasteiger partial charge in [0.15, 0.2) is 0 Å². The van der Waals surface area contributed by atoms with Crippen LogP contribution in [0.3, 0.4) is 0 Å². The number of pyridine rings is 1. The van der Waals surface area contributed by atoms with Gasteiger partial charge in [-0.15, -0.1) is 0 Å². The molecule has 1 aliphatic heterocycles. The number of hydrogen-bond donors (Lipinski definition) is 2. The van der Waals surface area contributed by atoms with Gasteiger partial charge in [0.25, 0.3) is 0 Å². The number of β-amino-alcohol motifs (C(OH)–C–C–N with tert-alkyl or cyclic N) is 1. The first kappa shape index (κ1) is 12.3. The van der Waals surface area contributed by atoms with E-state index in [0.717, 1.165) is 36.5 Å². The SMILES string of the molecule is Cc1nc(N2CCCC(C)(O)C2)ccc1CO. The molecule has 2 N–H and O–H groups in total. The van der Waals surface area contributed by atoms with Gasteiger partial charge in [-0.25, -0.2) is 4.98 Å². The van der Waals surface area contributed by atoms with E-state index in [0.29, 0.717) is 6.54 Å². The van der Waals surface area contributed by atoms with Gasteiger partial charge < -0.3 is 15.1 Å². The molecule has 94 valence electrons. The maximum Gasteiger partial charge on any atom is 0.128 e. The van der Waals surface area contributed by atoms with Gasteiger partial charge in [-0.05, 0) is 38.3 Å². The molecule has 2 rings (SSSR count). The first-order chi connectivity index (χ1) is 8.02. The number of hydrogen-bond acceptors (Lipinski definition) is 4. The van der Waals surface area contributed by atoms with Crippen LogP contribution in [0.25, 0.3) is 0 Å². The zero-order valence-electron chi connectivity index (χ0n) is 10.5. The second-order valence-electron chi connectivity index (χ2n) is 5.09. The van der Waals surface area contributed by atoms with Crippen molar-refractivity contribution in [1.82, 2.24) is 4.98 Å². The van der Waals surface area contributed by atoms with E-state index in [-0.39, 0.29) is 6.61 Å². The third-order valence-corrected chi connectivity index (χ3v) is 3.35. The lowest BCUT2D eigenvalue weighted by Gasteiger charge is -2.37. The number of aryl methyl sites for hydroxylation is 1. The third kappa shape index (κ3) is 2.76. The zero-order valence-corrected chi connectivity index (χ0v) is 10.5. The van der Waals surface area contributed by atoms with Gasteiger partial charge in [0.1, 0.15) is 5.82 Å². The van der Waals surface area contributed by atoms with Crippen LogP contribution in [0.4, 0.5) is 5.82 Å². The Bertz CT molecular complexity index is 404. The Morgan fingerprint density at radius 2 is 2.24 bits per heavy atom. The number of rotatable bonds is 2. The number of aliphatic hydroxyl groups excluding tert-OH is 1. The Hall–Kier alpha value is -1.13. The van der Waals surface area contributed by atoms with E-state index in [9.17, 15) is 5.11 Å². The average molecular weight is 236 g/mol. The molecule has 0 amide bonds. The Morgan fingerprint density at radius 1 is 1.47 bits per heavy atom. The summed E-state index contributed by atoms with van der Waals surface area (Å²) in [5, 5.41) is 19.2. The molecule has 1 atom stereocenters. The maximum atomic E-state index is 10.1. The molecule has 4 nitrogen and oxygen atoms in total. The predicted octanol–water partition coefficient (Wildman–Crippen LogP) is 1.23. The molecule has 4 heteroatoms. The van der Waals surface area contributed by atoms with Crippen LogP contribution in [0.1, 0.15) is 31.0 Å². The summed E-state index contributed by atoms with van der Waals surface area (Å²) in [6.07, 6.45) is 1.83. The number of anilines is 1. The van der Waals surface area contributed by atoms with Crippen LogP contribution in [0, 0.1) is 6.92 Å². The smallest absolute Gasteiger partial charge is 0.128 e. The second-order valence-corrected chi connectivity index (χ2v) is 5.09. The van der Waals surface area contributed by atoms with Crippen molar-refractivity contribution in [2.24, 2.45) is 0 Å². The number of nitrogens with zero attached hydrogens (tertiary/aromatic N) is 2. The first-order valence-corrected chi connectivity index (χ1v) is 6.06. The van der Waals surface area contributed by atoms with Gasteiger partial charge in [0.05, 0.1) is 12.2 Å². The highest BCUT2D eigenvalue weighted by Gasteiger charge is 2.29. The van der Waals surface area contributed by atoms with Crippen molar-refractivity contribution in [1.29, 1.82) is 0 Å². The Labute approximate surface area is 102 Å². The van der Waals surface area contributed by atoms with E-state index in [1.165, 1.54) is 0 Å². The first-order valence-electron chi connectivity index (χ1n) is 6.06. The fourth-order valence-corrected chi connectivity index (χ4v) is 2.34. The van der Waals surface area contributed by atoms with Gasteiger partial charge >= 0.3 is 0 Å². The summed E-state index contributed by atoms with van der Waals surface area (Å²) >= 11 is 0. The topological polar surface area (TPSA) is 56.6 Å². The largest absolute Gasteiger partial charge is 0.392 e. The molecule has 0 bridgehead atoms. The van der Waals surface area contributed by atoms with E-state index in [2.05, 4.69) is 9.88 Å². The summed E-state index contributed by atoms with van der Waals surface area (Å²) in [7, 11) is 0. The van der Waals surface area contributed by atoms with Gasteiger partial charge in [-0.2, -0.15) is 0 Å². The molecule has 0 aliphatic carbocycles. The van der Waals surface area contributed by atoms with Crippen LogP contribution >= 0.6 is 0 Å². The van der Waals surface area contributed by atoms with E-state index in [4.69, 9.17) is 5.11 Å². The lowest BCUT2D eigenvalue weighted by molar-refractivity contribution is 0.0447. The van der Waals surface area contributed by atoms with Crippen molar-refractivity contribution in [3.63, 3.8) is 0 Å². The fourth-order valence-electron chi connectivity index (χ4n) is 2.34. The molecule has 0 spiro atoms. The van der Waals surface area contributed by atoms with Gasteiger partial charge in [-0.1, -0.05) is 6.07 Å². The van der Waals surface area contributed by atoms with Crippen LogP contribution in [-0.4, -0.2) is 33.9 Å². The summed E-state index contributed by atoms with van der Waals surface area (Å²) in [5.74, 6) is 0.889. The summed E-state index contributed by atoms with van der Waals surface area (Å²) in [6.45, 7) is 5.35. The number of piperidine rings is 1. The van der Waals surface area contributed by atoms with Crippen molar-refractivity contribution in [2.45, 2.75) is 38.9 Å². The molecule has 1 aromatic heterocycles. The quantitative estimate of drug-likeness (QED) is 0.811. The molecule has 1 fully saturated rings. The van der Waals surface area contributed by atoms with E-state index >= 15 is 0 Å². The Morgan fingerprint density at radius 3 is 2.82 bits per heavy atom. The van der Waals surface area contributed by atoms with Gasteiger partial charge in [-0.3, -0.25) is 0 Å². The molecule has 1 saturated heterocycles. The van der Waals surface area contributed by atoms with Crippen LogP contribution in [0.5, 0.6) is 0 Å². The van der Waals surface area contributed by atoms with Crippen LogP contribution in [0.2, 0.25) is 0 Å². The minimum absolute atomic E-state index is 0.0246. The lowest BCUT2D eigenvalue weighted by atomic mass is 9.95. The monoisotopic (exact) mass is 236 g/mol. The fraction of sp³-hybridized carbons (Fsp3) is 0.615. The summed E-state index contributed by atoms with van der Waals surface area (Å²) in [6, 6.07) is 3.82. The van der Waals surface area contributed by atoms with Crippen molar-refractivity contribution in [3.8, 4) is 0 Å². The molecule has 2 heterocycles. The molecular formula is C13H20N2O2. The molecule has 17 heavy (non-hydrogen) atoms. The van der Waals surface area contributed by atoms with Crippen molar-refractivity contribution in [3.05, 3.63) is 23.4 Å².